The molecule has 1 aliphatic rings. The van der Waals surface area contributed by atoms with Gasteiger partial charge in [-0.05, 0) is 30.5 Å². The van der Waals surface area contributed by atoms with E-state index in [4.69, 9.17) is 22.2 Å². The van der Waals surface area contributed by atoms with Gasteiger partial charge in [0.15, 0.2) is 5.82 Å². The molecule has 138 valence electrons. The molecule has 4 rings (SSSR count). The zero-order chi connectivity index (χ0) is 19.2. The Kier molecular flexibility index (Phi) is 4.30. The first kappa shape index (κ1) is 17.8. The summed E-state index contributed by atoms with van der Waals surface area (Å²) >= 11 is 1.55. The lowest BCUT2D eigenvalue weighted by atomic mass is 9.85. The molecule has 1 aliphatic carbocycles. The summed E-state index contributed by atoms with van der Waals surface area (Å²) in [6.07, 6.45) is 9.40. The Hall–Kier alpha value is -2.61. The van der Waals surface area contributed by atoms with E-state index < -0.39 is 11.6 Å². The first-order valence-electron chi connectivity index (χ1n) is 8.61. The number of para-hydroxylation sites is 1. The molecule has 0 bridgehead atoms. The van der Waals surface area contributed by atoms with Gasteiger partial charge in [-0.3, -0.25) is 0 Å². The Bertz CT molecular complexity index is 1080. The molecule has 0 saturated carbocycles. The van der Waals surface area contributed by atoms with Crippen LogP contribution < -0.4 is 17.2 Å². The highest BCUT2D eigenvalue weighted by atomic mass is 32.2. The summed E-state index contributed by atoms with van der Waals surface area (Å²) < 4.78 is 2.09. The molecule has 0 aliphatic heterocycles. The molecule has 0 fully saturated rings. The largest absolute Gasteiger partial charge is 0.398 e. The molecule has 2 atom stereocenters. The summed E-state index contributed by atoms with van der Waals surface area (Å²) in [4.78, 5) is 10.1. The van der Waals surface area contributed by atoms with Crippen LogP contribution in [0.5, 0.6) is 0 Å². The quantitative estimate of drug-likeness (QED) is 0.645. The van der Waals surface area contributed by atoms with Gasteiger partial charge in [0, 0.05) is 46.5 Å². The number of aryl methyl sites for hydroxylation is 1. The minimum Gasteiger partial charge on any atom is -0.398 e. The lowest BCUT2D eigenvalue weighted by Gasteiger charge is -2.33. The van der Waals surface area contributed by atoms with Gasteiger partial charge in [-0.25, -0.2) is 9.97 Å². The van der Waals surface area contributed by atoms with Crippen LogP contribution in [0.4, 0.5) is 0 Å². The molecule has 0 saturated heterocycles. The van der Waals surface area contributed by atoms with Gasteiger partial charge in [0.05, 0.1) is 11.7 Å². The van der Waals surface area contributed by atoms with Crippen molar-refractivity contribution in [3.05, 3.63) is 71.3 Å². The second-order valence-corrected chi connectivity index (χ2v) is 7.58. The monoisotopic (exact) mass is 378 g/mol. The average molecular weight is 379 g/mol. The number of benzene rings is 1. The van der Waals surface area contributed by atoms with Crippen LogP contribution in [-0.2, 0) is 12.6 Å². The van der Waals surface area contributed by atoms with Crippen LogP contribution in [0.25, 0.3) is 22.2 Å². The summed E-state index contributed by atoms with van der Waals surface area (Å²) in [5, 5.41) is 1.13. The van der Waals surface area contributed by atoms with Crippen molar-refractivity contribution in [3.8, 4) is 11.3 Å². The maximum Gasteiger partial charge on any atom is 0.154 e. The van der Waals surface area contributed by atoms with Crippen molar-refractivity contribution >= 4 is 22.7 Å². The number of aromatic nitrogens is 3. The van der Waals surface area contributed by atoms with Crippen LogP contribution in [0.15, 0.2) is 65.5 Å². The number of fused-ring (bicyclic) bond motifs is 1. The van der Waals surface area contributed by atoms with Gasteiger partial charge in [-0.2, -0.15) is 0 Å². The minimum absolute atomic E-state index is 0.458. The predicted molar refractivity (Wildman–Crippen MR) is 112 cm³/mol. The third-order valence-corrected chi connectivity index (χ3v) is 5.81. The van der Waals surface area contributed by atoms with E-state index >= 15 is 0 Å². The van der Waals surface area contributed by atoms with E-state index in [0.29, 0.717) is 11.5 Å². The Morgan fingerprint density at radius 1 is 1.22 bits per heavy atom. The van der Waals surface area contributed by atoms with Gasteiger partial charge >= 0.3 is 0 Å². The first-order valence-corrected chi connectivity index (χ1v) is 9.83. The number of hydrogen-bond acceptors (Lipinski definition) is 6. The van der Waals surface area contributed by atoms with Crippen LogP contribution >= 0.6 is 11.8 Å². The molecule has 0 amide bonds. The number of nitrogens with two attached hydrogens (primary N) is 3. The summed E-state index contributed by atoms with van der Waals surface area (Å²) in [5.74, 6) is 0.458. The van der Waals surface area contributed by atoms with Crippen molar-refractivity contribution in [1.82, 2.24) is 14.5 Å². The number of rotatable bonds is 3. The Labute approximate surface area is 162 Å². The van der Waals surface area contributed by atoms with Gasteiger partial charge in [-0.15, -0.1) is 11.8 Å². The van der Waals surface area contributed by atoms with E-state index in [2.05, 4.69) is 27.9 Å². The lowest BCUT2D eigenvalue weighted by Crippen LogP contribution is -2.53. The Balaban J connectivity index is 1.83. The van der Waals surface area contributed by atoms with Crippen LogP contribution in [-0.4, -0.2) is 26.8 Å². The third kappa shape index (κ3) is 2.84. The predicted octanol–water partition coefficient (Wildman–Crippen LogP) is 2.22. The van der Waals surface area contributed by atoms with Crippen LogP contribution in [0, 0.1) is 0 Å². The van der Waals surface area contributed by atoms with Crippen molar-refractivity contribution in [2.75, 3.05) is 6.26 Å². The topological polar surface area (TPSA) is 109 Å². The molecule has 6 nitrogen and oxygen atoms in total. The molecule has 2 heterocycles. The molecule has 2 unspecified atom stereocenters. The minimum atomic E-state index is -1.05. The number of hydrogen-bond donors (Lipinski definition) is 3. The van der Waals surface area contributed by atoms with E-state index in [0.717, 1.165) is 27.1 Å². The molecule has 7 heteroatoms. The Morgan fingerprint density at radius 3 is 2.78 bits per heavy atom. The first-order chi connectivity index (χ1) is 12.9. The molecule has 27 heavy (non-hydrogen) atoms. The van der Waals surface area contributed by atoms with Gasteiger partial charge in [-0.1, -0.05) is 18.2 Å². The SMILES string of the molecule is CSC1=CC(N)C(N)(c2nccc(-c3cn(C)c4ccccc34)n2)C=C1N. The van der Waals surface area contributed by atoms with Crippen LogP contribution in [0.3, 0.4) is 0 Å². The molecule has 1 aromatic carbocycles. The van der Waals surface area contributed by atoms with E-state index in [-0.39, 0.29) is 0 Å². The normalized spacial score (nSPS) is 22.6. The maximum absolute atomic E-state index is 6.63. The number of nitrogens with zero attached hydrogens (tertiary/aromatic N) is 3. The second kappa shape index (κ2) is 6.53. The van der Waals surface area contributed by atoms with E-state index in [1.165, 1.54) is 0 Å². The van der Waals surface area contributed by atoms with Gasteiger partial charge in [0.25, 0.3) is 0 Å². The van der Waals surface area contributed by atoms with Gasteiger partial charge in [0.2, 0.25) is 0 Å². The average Bonchev–Trinajstić information content (AvgIpc) is 3.02. The smallest absolute Gasteiger partial charge is 0.154 e. The van der Waals surface area contributed by atoms with Crippen molar-refractivity contribution in [2.24, 2.45) is 24.2 Å². The highest BCUT2D eigenvalue weighted by molar-refractivity contribution is 8.02. The summed E-state index contributed by atoms with van der Waals surface area (Å²) in [5.41, 5.74) is 21.7. The van der Waals surface area contributed by atoms with E-state index in [1.807, 2.05) is 37.6 Å². The molecular formula is C20H22N6S. The summed E-state index contributed by atoms with van der Waals surface area (Å²) in [7, 11) is 2.02. The molecule has 3 aromatic rings. The standard InChI is InChI=1S/C20H22N6S/c1-26-11-13(12-5-3-4-6-16(12)26)15-7-8-24-19(25-15)20(23)10-14(21)17(27-2)9-18(20)22/h3-11,18H,21-23H2,1-2H3. The zero-order valence-corrected chi connectivity index (χ0v) is 16.1. The Morgan fingerprint density at radius 2 is 2.00 bits per heavy atom. The van der Waals surface area contributed by atoms with Gasteiger partial charge in [0.1, 0.15) is 5.54 Å². The summed E-state index contributed by atoms with van der Waals surface area (Å²) in [6, 6.07) is 9.64. The fourth-order valence-corrected chi connectivity index (χ4v) is 4.06. The maximum atomic E-state index is 6.63. The fraction of sp³-hybridized carbons (Fsp3) is 0.200. The molecule has 0 radical (unpaired) electrons. The van der Waals surface area contributed by atoms with Crippen molar-refractivity contribution in [2.45, 2.75) is 11.6 Å². The van der Waals surface area contributed by atoms with Crippen LogP contribution in [0.1, 0.15) is 5.82 Å². The molecule has 6 N–H and O–H groups in total. The highest BCUT2D eigenvalue weighted by Gasteiger charge is 2.38. The van der Waals surface area contributed by atoms with E-state index in [9.17, 15) is 0 Å². The van der Waals surface area contributed by atoms with Crippen LogP contribution in [0.2, 0.25) is 0 Å². The van der Waals surface area contributed by atoms with Crippen molar-refractivity contribution < 1.29 is 0 Å². The number of thioether (sulfide) groups is 1. The molecule has 2 aromatic heterocycles. The lowest BCUT2D eigenvalue weighted by molar-refractivity contribution is 0.459. The molecule has 0 spiro atoms. The zero-order valence-electron chi connectivity index (χ0n) is 15.3. The van der Waals surface area contributed by atoms with Crippen molar-refractivity contribution in [1.29, 1.82) is 0 Å². The highest BCUT2D eigenvalue weighted by Crippen LogP contribution is 2.34. The fourth-order valence-electron chi connectivity index (χ4n) is 3.48. The van der Waals surface area contributed by atoms with E-state index in [1.54, 1.807) is 24.0 Å². The summed E-state index contributed by atoms with van der Waals surface area (Å²) in [6.45, 7) is 0. The van der Waals surface area contributed by atoms with Crippen molar-refractivity contribution in [3.63, 3.8) is 0 Å². The third-order valence-electron chi connectivity index (χ3n) is 5.00. The second-order valence-electron chi connectivity index (χ2n) is 6.73. The molecular weight excluding hydrogens is 356 g/mol. The van der Waals surface area contributed by atoms with Gasteiger partial charge < -0.3 is 21.8 Å².